The summed E-state index contributed by atoms with van der Waals surface area (Å²) >= 11 is 0. The molecule has 0 radical (unpaired) electrons. The van der Waals surface area contributed by atoms with Crippen LogP contribution in [-0.4, -0.2) is 84.7 Å². The van der Waals surface area contributed by atoms with Crippen molar-refractivity contribution >= 4 is 84.7 Å². The molecule has 0 N–H and O–H groups in total. The fourth-order valence-electron chi connectivity index (χ4n) is 0.272. The van der Waals surface area contributed by atoms with Gasteiger partial charge in [0.05, 0.1) is 23.9 Å². The molecule has 0 saturated carbocycles. The first-order valence-corrected chi connectivity index (χ1v) is 3.45. The predicted octanol–water partition coefficient (Wildman–Crippen LogP) is -6.68. The van der Waals surface area contributed by atoms with Gasteiger partial charge in [-0.15, -0.1) is 0 Å². The molecular weight excluding hydrogens is 288 g/mol. The van der Waals surface area contributed by atoms with Crippen molar-refractivity contribution < 1.29 is 39.6 Å². The van der Waals surface area contributed by atoms with Crippen molar-refractivity contribution in [2.24, 2.45) is 0 Å². The average molecular weight is 292 g/mol. The molecule has 0 aromatic carbocycles. The molecular formula is C8H4CaMgO8. The number of carboxylic acid groups (broad SMARTS) is 4. The smallest absolute Gasteiger partial charge is 0.545 e. The van der Waals surface area contributed by atoms with Crippen LogP contribution in [0.15, 0.2) is 24.3 Å². The van der Waals surface area contributed by atoms with Crippen molar-refractivity contribution in [1.82, 2.24) is 0 Å². The summed E-state index contributed by atoms with van der Waals surface area (Å²) in [5, 5.41) is 37.7. The van der Waals surface area contributed by atoms with E-state index in [1.165, 1.54) is 0 Å². The summed E-state index contributed by atoms with van der Waals surface area (Å²) in [7, 11) is 0. The van der Waals surface area contributed by atoms with E-state index in [4.69, 9.17) is 0 Å². The van der Waals surface area contributed by atoms with Crippen molar-refractivity contribution in [2.45, 2.75) is 0 Å². The molecule has 18 heavy (non-hydrogen) atoms. The van der Waals surface area contributed by atoms with Gasteiger partial charge in [-0.1, -0.05) is 0 Å². The number of hydrogen-bond donors (Lipinski definition) is 0. The molecule has 0 atom stereocenters. The zero-order valence-corrected chi connectivity index (χ0v) is 12.6. The minimum Gasteiger partial charge on any atom is -0.545 e. The molecule has 0 rings (SSSR count). The summed E-state index contributed by atoms with van der Waals surface area (Å²) in [5.41, 5.74) is 0. The van der Waals surface area contributed by atoms with Crippen LogP contribution in [0.4, 0.5) is 0 Å². The van der Waals surface area contributed by atoms with E-state index in [1.54, 1.807) is 0 Å². The third-order valence-electron chi connectivity index (χ3n) is 0.711. The maximum absolute atomic E-state index is 9.41. The fraction of sp³-hybridized carbons (Fsp3) is 0. The normalized spacial score (nSPS) is 8.44. The Bertz CT molecular complexity index is 283. The molecule has 0 bridgehead atoms. The van der Waals surface area contributed by atoms with Crippen LogP contribution in [0.3, 0.4) is 0 Å². The second kappa shape index (κ2) is 16.4. The molecule has 0 aliphatic rings. The maximum Gasteiger partial charge on any atom is 2.00 e. The molecule has 0 amide bonds. The first kappa shape index (κ1) is 26.1. The molecule has 0 heterocycles. The molecule has 8 nitrogen and oxygen atoms in total. The van der Waals surface area contributed by atoms with Gasteiger partial charge < -0.3 is 39.6 Å². The van der Waals surface area contributed by atoms with Crippen LogP contribution in [0.1, 0.15) is 0 Å². The predicted molar refractivity (Wildman–Crippen MR) is 49.8 cm³/mol. The fourth-order valence-corrected chi connectivity index (χ4v) is 0.272. The van der Waals surface area contributed by atoms with Crippen molar-refractivity contribution in [2.75, 3.05) is 0 Å². The Kier molecular flexibility index (Phi) is 23.7. The quantitative estimate of drug-likeness (QED) is 0.365. The van der Waals surface area contributed by atoms with E-state index in [-0.39, 0.29) is 60.8 Å². The van der Waals surface area contributed by atoms with Gasteiger partial charge in [-0.3, -0.25) is 0 Å². The Balaban J connectivity index is -0.0000000980. The standard InChI is InChI=1S/2C4H4O4.Ca.Mg/c2*5-3(6)1-2-4(7)8;;/h2*1-2H,(H,5,6)(H,7,8);;/q;;2*+2/p-4/b2*2-1+;;. The summed E-state index contributed by atoms with van der Waals surface area (Å²) in [4.78, 5) is 37.7. The Labute approximate surface area is 147 Å². The Morgan fingerprint density at radius 3 is 0.722 bits per heavy atom. The second-order valence-corrected chi connectivity index (χ2v) is 1.94. The third-order valence-corrected chi connectivity index (χ3v) is 0.711. The van der Waals surface area contributed by atoms with Gasteiger partial charge in [0.25, 0.3) is 0 Å². The zero-order valence-electron chi connectivity index (χ0n) is 8.99. The van der Waals surface area contributed by atoms with Crippen LogP contribution in [0, 0.1) is 0 Å². The van der Waals surface area contributed by atoms with Gasteiger partial charge >= 0.3 is 60.8 Å². The second-order valence-electron chi connectivity index (χ2n) is 1.94. The maximum atomic E-state index is 9.41. The summed E-state index contributed by atoms with van der Waals surface area (Å²) in [6.45, 7) is 0. The number of carbonyl (C=O) groups excluding carboxylic acids is 4. The molecule has 0 unspecified atom stereocenters. The molecule has 0 fully saturated rings. The van der Waals surface area contributed by atoms with Gasteiger partial charge in [0.2, 0.25) is 0 Å². The summed E-state index contributed by atoms with van der Waals surface area (Å²) in [6, 6.07) is 0. The molecule has 0 aromatic rings. The van der Waals surface area contributed by atoms with Gasteiger partial charge in [-0.2, -0.15) is 0 Å². The molecule has 0 saturated heterocycles. The van der Waals surface area contributed by atoms with Gasteiger partial charge in [0.15, 0.2) is 0 Å². The average Bonchev–Trinajstić information content (AvgIpc) is 2.12. The van der Waals surface area contributed by atoms with E-state index in [9.17, 15) is 39.6 Å². The third kappa shape index (κ3) is 36.1. The minimum atomic E-state index is -1.55. The number of carbonyl (C=O) groups is 4. The number of carboxylic acids is 4. The SMILES string of the molecule is O=C([O-])/C=C/C(=O)[O-].O=C([O-])/C=C/C(=O)[O-].[Ca+2].[Mg+2]. The van der Waals surface area contributed by atoms with Crippen LogP contribution in [-0.2, 0) is 19.2 Å². The van der Waals surface area contributed by atoms with E-state index in [1.807, 2.05) is 0 Å². The van der Waals surface area contributed by atoms with Crippen LogP contribution in [0.5, 0.6) is 0 Å². The van der Waals surface area contributed by atoms with Gasteiger partial charge in [0.1, 0.15) is 0 Å². The molecule has 10 heteroatoms. The van der Waals surface area contributed by atoms with Gasteiger partial charge in [0, 0.05) is 0 Å². The van der Waals surface area contributed by atoms with Crippen LogP contribution in [0.25, 0.3) is 0 Å². The Hall–Kier alpha value is -0.614. The first-order chi connectivity index (χ1) is 7.25. The van der Waals surface area contributed by atoms with Crippen LogP contribution < -0.4 is 20.4 Å². The largest absolute Gasteiger partial charge is 2.00 e. The van der Waals surface area contributed by atoms with Crippen LogP contribution in [0.2, 0.25) is 0 Å². The Morgan fingerprint density at radius 2 is 0.667 bits per heavy atom. The number of aliphatic carboxylic acids is 4. The number of hydrogen-bond acceptors (Lipinski definition) is 8. The first-order valence-electron chi connectivity index (χ1n) is 3.45. The monoisotopic (exact) mass is 292 g/mol. The summed E-state index contributed by atoms with van der Waals surface area (Å²) in [5.74, 6) is -6.19. The molecule has 0 aromatic heterocycles. The van der Waals surface area contributed by atoms with E-state index < -0.39 is 23.9 Å². The molecule has 0 spiro atoms. The van der Waals surface area contributed by atoms with E-state index in [2.05, 4.69) is 0 Å². The zero-order chi connectivity index (χ0) is 13.1. The van der Waals surface area contributed by atoms with E-state index >= 15 is 0 Å². The van der Waals surface area contributed by atoms with Crippen molar-refractivity contribution in [3.8, 4) is 0 Å². The van der Waals surface area contributed by atoms with E-state index in [0.717, 1.165) is 0 Å². The van der Waals surface area contributed by atoms with Crippen molar-refractivity contribution in [3.63, 3.8) is 0 Å². The molecule has 0 aliphatic carbocycles. The van der Waals surface area contributed by atoms with Gasteiger partial charge in [-0.05, 0) is 24.3 Å². The Morgan fingerprint density at radius 1 is 0.556 bits per heavy atom. The topological polar surface area (TPSA) is 161 Å². The molecule has 0 aliphatic heterocycles. The molecule has 88 valence electrons. The van der Waals surface area contributed by atoms with E-state index in [0.29, 0.717) is 24.3 Å². The summed E-state index contributed by atoms with van der Waals surface area (Å²) in [6.07, 6.45) is 1.54. The van der Waals surface area contributed by atoms with Crippen molar-refractivity contribution in [3.05, 3.63) is 24.3 Å². The number of rotatable bonds is 4. The summed E-state index contributed by atoms with van der Waals surface area (Å²) < 4.78 is 0. The minimum absolute atomic E-state index is 0. The van der Waals surface area contributed by atoms with Crippen molar-refractivity contribution in [1.29, 1.82) is 0 Å². The van der Waals surface area contributed by atoms with Gasteiger partial charge in [-0.25, -0.2) is 0 Å². The van der Waals surface area contributed by atoms with Crippen LogP contribution >= 0.6 is 0 Å².